The Balaban J connectivity index is 1.78. The highest BCUT2D eigenvalue weighted by molar-refractivity contribution is 6.30. The van der Waals surface area contributed by atoms with Crippen LogP contribution in [0.25, 0.3) is 16.5 Å². The predicted octanol–water partition coefficient (Wildman–Crippen LogP) is 5.26. The number of nitrogens with zero attached hydrogens (tertiary/aromatic N) is 1. The van der Waals surface area contributed by atoms with E-state index in [-0.39, 0.29) is 11.1 Å². The summed E-state index contributed by atoms with van der Waals surface area (Å²) in [5, 5.41) is 1.43. The fourth-order valence-corrected chi connectivity index (χ4v) is 3.39. The first-order chi connectivity index (χ1) is 14.6. The van der Waals surface area contributed by atoms with Gasteiger partial charge in [-0.1, -0.05) is 35.9 Å². The molecule has 1 heterocycles. The van der Waals surface area contributed by atoms with Gasteiger partial charge in [0.25, 0.3) is 5.56 Å². The standard InChI is InChI=1S/C24H18ClNO4/c1-2-29-18-10-12-19(13-11-18)30-24(28)22-15-26(17-7-5-6-16(25)14-17)23(27)21-9-4-3-8-20(21)22/h3-15H,2H2,1H3. The van der Waals surface area contributed by atoms with Crippen molar-refractivity contribution in [3.05, 3.63) is 99.9 Å². The number of rotatable bonds is 5. The third-order valence-corrected chi connectivity index (χ3v) is 4.81. The van der Waals surface area contributed by atoms with Gasteiger partial charge in [-0.15, -0.1) is 0 Å². The molecule has 0 unspecified atom stereocenters. The number of ether oxygens (including phenoxy) is 2. The Labute approximate surface area is 178 Å². The van der Waals surface area contributed by atoms with Gasteiger partial charge < -0.3 is 9.47 Å². The lowest BCUT2D eigenvalue weighted by Gasteiger charge is -2.12. The SMILES string of the molecule is CCOc1ccc(OC(=O)c2cn(-c3cccc(Cl)c3)c(=O)c3ccccc23)cc1. The Morgan fingerprint density at radius 1 is 0.933 bits per heavy atom. The highest BCUT2D eigenvalue weighted by atomic mass is 35.5. The maximum Gasteiger partial charge on any atom is 0.345 e. The molecular weight excluding hydrogens is 402 g/mol. The topological polar surface area (TPSA) is 57.5 Å². The van der Waals surface area contributed by atoms with Crippen LogP contribution in [0.2, 0.25) is 5.02 Å². The summed E-state index contributed by atoms with van der Waals surface area (Å²) in [5.41, 5.74) is 0.595. The van der Waals surface area contributed by atoms with Crippen molar-refractivity contribution in [2.24, 2.45) is 0 Å². The van der Waals surface area contributed by atoms with Crippen molar-refractivity contribution in [3.8, 4) is 17.2 Å². The van der Waals surface area contributed by atoms with Crippen LogP contribution in [0.15, 0.2) is 83.8 Å². The van der Waals surface area contributed by atoms with Gasteiger partial charge in [-0.2, -0.15) is 0 Å². The molecular formula is C24H18ClNO4. The summed E-state index contributed by atoms with van der Waals surface area (Å²) < 4.78 is 12.4. The molecule has 0 aliphatic heterocycles. The second-order valence-electron chi connectivity index (χ2n) is 6.54. The van der Waals surface area contributed by atoms with Crippen LogP contribution in [0.1, 0.15) is 17.3 Å². The number of hydrogen-bond acceptors (Lipinski definition) is 4. The smallest absolute Gasteiger partial charge is 0.345 e. The van der Waals surface area contributed by atoms with Gasteiger partial charge in [-0.25, -0.2) is 4.79 Å². The second-order valence-corrected chi connectivity index (χ2v) is 6.97. The molecule has 5 nitrogen and oxygen atoms in total. The quantitative estimate of drug-likeness (QED) is 0.327. The summed E-state index contributed by atoms with van der Waals surface area (Å²) in [7, 11) is 0. The lowest BCUT2D eigenvalue weighted by atomic mass is 10.1. The number of esters is 1. The fraction of sp³-hybridized carbons (Fsp3) is 0.0833. The zero-order valence-corrected chi connectivity index (χ0v) is 16.9. The van der Waals surface area contributed by atoms with Crippen molar-refractivity contribution < 1.29 is 14.3 Å². The first-order valence-electron chi connectivity index (χ1n) is 9.42. The van der Waals surface area contributed by atoms with Crippen LogP contribution in [0.5, 0.6) is 11.5 Å². The highest BCUT2D eigenvalue weighted by Gasteiger charge is 2.17. The third kappa shape index (κ3) is 3.93. The summed E-state index contributed by atoms with van der Waals surface area (Å²) in [6, 6.07) is 20.6. The van der Waals surface area contributed by atoms with Crippen molar-refractivity contribution in [2.45, 2.75) is 6.92 Å². The lowest BCUT2D eigenvalue weighted by molar-refractivity contribution is 0.0736. The summed E-state index contributed by atoms with van der Waals surface area (Å²) in [6.45, 7) is 2.45. The number of carbonyl (C=O) groups excluding carboxylic acids is 1. The molecule has 6 heteroatoms. The van der Waals surface area contributed by atoms with Gasteiger partial charge in [0.1, 0.15) is 11.5 Å². The molecule has 0 saturated carbocycles. The van der Waals surface area contributed by atoms with E-state index in [1.807, 2.05) is 6.92 Å². The maximum atomic E-state index is 13.0. The summed E-state index contributed by atoms with van der Waals surface area (Å²) in [4.78, 5) is 26.0. The molecule has 150 valence electrons. The molecule has 0 radical (unpaired) electrons. The van der Waals surface area contributed by atoms with Crippen molar-refractivity contribution in [3.63, 3.8) is 0 Å². The van der Waals surface area contributed by atoms with E-state index in [1.165, 1.54) is 10.8 Å². The first kappa shape index (κ1) is 19.7. The molecule has 4 rings (SSSR count). The van der Waals surface area contributed by atoms with E-state index in [4.69, 9.17) is 21.1 Å². The minimum atomic E-state index is -0.564. The fourth-order valence-electron chi connectivity index (χ4n) is 3.20. The number of carbonyl (C=O) groups is 1. The van der Waals surface area contributed by atoms with Crippen LogP contribution in [0.3, 0.4) is 0 Å². The molecule has 0 fully saturated rings. The van der Waals surface area contributed by atoms with Gasteiger partial charge in [-0.05, 0) is 55.5 Å². The predicted molar refractivity (Wildman–Crippen MR) is 117 cm³/mol. The maximum absolute atomic E-state index is 13.0. The number of halogens is 1. The van der Waals surface area contributed by atoms with E-state index < -0.39 is 5.97 Å². The third-order valence-electron chi connectivity index (χ3n) is 4.58. The van der Waals surface area contributed by atoms with Crippen molar-refractivity contribution >= 4 is 28.3 Å². The molecule has 1 aromatic heterocycles. The number of fused-ring (bicyclic) bond motifs is 1. The van der Waals surface area contributed by atoms with Crippen molar-refractivity contribution in [1.82, 2.24) is 4.57 Å². The average Bonchev–Trinajstić information content (AvgIpc) is 2.76. The minimum absolute atomic E-state index is 0.245. The van der Waals surface area contributed by atoms with Gasteiger partial charge >= 0.3 is 5.97 Å². The Kier molecular flexibility index (Phi) is 5.55. The van der Waals surface area contributed by atoms with Crippen LogP contribution in [0.4, 0.5) is 0 Å². The zero-order chi connectivity index (χ0) is 21.1. The molecule has 4 aromatic rings. The lowest BCUT2D eigenvalue weighted by Crippen LogP contribution is -2.22. The van der Waals surface area contributed by atoms with E-state index in [9.17, 15) is 9.59 Å². The molecule has 0 aliphatic rings. The Hall–Kier alpha value is -3.57. The van der Waals surface area contributed by atoms with Gasteiger partial charge in [0.2, 0.25) is 0 Å². The second kappa shape index (κ2) is 8.43. The monoisotopic (exact) mass is 419 g/mol. The zero-order valence-electron chi connectivity index (χ0n) is 16.2. The Bertz CT molecular complexity index is 1280. The molecule has 0 N–H and O–H groups in total. The van der Waals surface area contributed by atoms with E-state index >= 15 is 0 Å². The summed E-state index contributed by atoms with van der Waals surface area (Å²) in [6.07, 6.45) is 1.49. The van der Waals surface area contributed by atoms with Crippen LogP contribution >= 0.6 is 11.6 Å². The molecule has 0 aliphatic carbocycles. The number of pyridine rings is 1. The normalized spacial score (nSPS) is 10.7. The summed E-state index contributed by atoms with van der Waals surface area (Å²) in [5.74, 6) is 0.511. The van der Waals surface area contributed by atoms with Crippen LogP contribution < -0.4 is 15.0 Å². The van der Waals surface area contributed by atoms with Crippen LogP contribution in [-0.4, -0.2) is 17.1 Å². The van der Waals surface area contributed by atoms with Crippen LogP contribution in [0, 0.1) is 0 Å². The van der Waals surface area contributed by atoms with E-state index in [1.54, 1.807) is 72.8 Å². The molecule has 0 spiro atoms. The molecule has 0 amide bonds. The first-order valence-corrected chi connectivity index (χ1v) is 9.80. The van der Waals surface area contributed by atoms with E-state index in [0.717, 1.165) is 0 Å². The highest BCUT2D eigenvalue weighted by Crippen LogP contribution is 2.23. The number of hydrogen-bond donors (Lipinski definition) is 0. The van der Waals surface area contributed by atoms with Crippen molar-refractivity contribution in [1.29, 1.82) is 0 Å². The minimum Gasteiger partial charge on any atom is -0.494 e. The van der Waals surface area contributed by atoms with Gasteiger partial charge in [0.15, 0.2) is 0 Å². The molecule has 0 bridgehead atoms. The molecule has 0 saturated heterocycles. The van der Waals surface area contributed by atoms with Gasteiger partial charge in [0.05, 0.1) is 17.9 Å². The largest absolute Gasteiger partial charge is 0.494 e. The van der Waals surface area contributed by atoms with Gasteiger partial charge in [-0.3, -0.25) is 9.36 Å². The van der Waals surface area contributed by atoms with Crippen LogP contribution in [-0.2, 0) is 0 Å². The number of aromatic nitrogens is 1. The number of benzene rings is 3. The van der Waals surface area contributed by atoms with Gasteiger partial charge in [0, 0.05) is 22.0 Å². The Morgan fingerprint density at radius 2 is 1.63 bits per heavy atom. The molecule has 3 aromatic carbocycles. The molecule has 0 atom stereocenters. The average molecular weight is 420 g/mol. The Morgan fingerprint density at radius 3 is 2.33 bits per heavy atom. The van der Waals surface area contributed by atoms with E-state index in [0.29, 0.717) is 39.6 Å². The summed E-state index contributed by atoms with van der Waals surface area (Å²) >= 11 is 6.09. The molecule has 30 heavy (non-hydrogen) atoms. The van der Waals surface area contributed by atoms with E-state index in [2.05, 4.69) is 0 Å². The van der Waals surface area contributed by atoms with Crippen molar-refractivity contribution in [2.75, 3.05) is 6.61 Å².